The van der Waals surface area contributed by atoms with Crippen molar-refractivity contribution in [2.24, 2.45) is 5.16 Å². The summed E-state index contributed by atoms with van der Waals surface area (Å²) in [5.41, 5.74) is 3.07. The van der Waals surface area contributed by atoms with Crippen LogP contribution in [0.15, 0.2) is 29.4 Å². The van der Waals surface area contributed by atoms with E-state index < -0.39 is 23.4 Å². The molecule has 4 rings (SSSR count). The molecule has 2 heterocycles. The van der Waals surface area contributed by atoms with Gasteiger partial charge in [0, 0.05) is 17.5 Å². The van der Waals surface area contributed by atoms with Gasteiger partial charge in [-0.25, -0.2) is 4.79 Å². The van der Waals surface area contributed by atoms with E-state index in [1.54, 1.807) is 26.0 Å². The predicted octanol–water partition coefficient (Wildman–Crippen LogP) is 3.64. The van der Waals surface area contributed by atoms with E-state index in [0.29, 0.717) is 40.3 Å². The number of oxime groups is 1. The van der Waals surface area contributed by atoms with Crippen molar-refractivity contribution in [1.82, 2.24) is 5.32 Å². The zero-order chi connectivity index (χ0) is 26.9. The molecule has 0 aromatic heterocycles. The fourth-order valence-corrected chi connectivity index (χ4v) is 5.19. The van der Waals surface area contributed by atoms with Gasteiger partial charge in [0.05, 0.1) is 11.0 Å². The molecule has 2 aromatic carbocycles. The molecule has 1 saturated heterocycles. The molecule has 0 saturated carbocycles. The van der Waals surface area contributed by atoms with Crippen LogP contribution in [0, 0.1) is 20.8 Å². The number of hydrogen-bond donors (Lipinski definition) is 3. The van der Waals surface area contributed by atoms with Gasteiger partial charge in [0.2, 0.25) is 12.5 Å². The van der Waals surface area contributed by atoms with E-state index in [9.17, 15) is 19.5 Å². The third-order valence-electron chi connectivity index (χ3n) is 6.41. The van der Waals surface area contributed by atoms with E-state index in [1.165, 1.54) is 0 Å². The minimum atomic E-state index is -1.15. The number of nitrogens with zero attached hydrogens (tertiary/aromatic N) is 1. The first-order valence-corrected chi connectivity index (χ1v) is 12.5. The summed E-state index contributed by atoms with van der Waals surface area (Å²) in [6.07, 6.45) is 0.684. The van der Waals surface area contributed by atoms with E-state index in [4.69, 9.17) is 19.4 Å². The van der Waals surface area contributed by atoms with Gasteiger partial charge in [0.25, 0.3) is 5.24 Å². The Morgan fingerprint density at radius 2 is 1.89 bits per heavy atom. The highest BCUT2D eigenvalue weighted by Crippen LogP contribution is 2.43. The fourth-order valence-electron chi connectivity index (χ4n) is 4.33. The molecule has 37 heavy (non-hydrogen) atoms. The van der Waals surface area contributed by atoms with Crippen LogP contribution >= 0.6 is 11.8 Å². The number of phenolic OH excluding ortho intramolecular Hbond substituents is 1. The molecule has 2 aromatic rings. The molecule has 0 spiro atoms. The second-order valence-corrected chi connectivity index (χ2v) is 10.6. The molecular formula is C26H28N2O8S. The average molecular weight is 529 g/mol. The van der Waals surface area contributed by atoms with E-state index in [-0.39, 0.29) is 29.9 Å². The fraction of sp³-hybridized carbons (Fsp3) is 0.385. The van der Waals surface area contributed by atoms with Crippen LogP contribution in [0.1, 0.15) is 41.2 Å². The monoisotopic (exact) mass is 528 g/mol. The average Bonchev–Trinajstić information content (AvgIpc) is 3.16. The number of amides is 2. The normalized spacial score (nSPS) is 21.8. The van der Waals surface area contributed by atoms with Crippen molar-refractivity contribution < 1.29 is 38.9 Å². The standard InChI is InChI=1S/C26H28N2O8S/c1-13-14(2)23-21(15(3)22(13)31)18(28-35-11-20(29)30)10-26(4,36-23)12-34-17-7-5-16(6-8-17)9-19-24(32)27-25(33)37-19/h5-8,19,31H,9-12H2,1-4H3,(H,29,30)(H,27,32,33)/b28-18-. The van der Waals surface area contributed by atoms with Crippen LogP contribution in [0.2, 0.25) is 0 Å². The molecule has 2 unspecified atom stereocenters. The summed E-state index contributed by atoms with van der Waals surface area (Å²) in [6, 6.07) is 7.27. The second-order valence-electron chi connectivity index (χ2n) is 9.38. The molecule has 2 aliphatic rings. The molecule has 11 heteroatoms. The smallest absolute Gasteiger partial charge is 0.344 e. The van der Waals surface area contributed by atoms with Crippen LogP contribution in [-0.4, -0.2) is 57.1 Å². The summed E-state index contributed by atoms with van der Waals surface area (Å²) < 4.78 is 12.5. The molecule has 1 fully saturated rings. The lowest BCUT2D eigenvalue weighted by Gasteiger charge is -2.37. The van der Waals surface area contributed by atoms with Crippen molar-refractivity contribution in [1.29, 1.82) is 0 Å². The number of benzene rings is 2. The molecule has 2 atom stereocenters. The lowest BCUT2D eigenvalue weighted by atomic mass is 9.86. The molecule has 10 nitrogen and oxygen atoms in total. The van der Waals surface area contributed by atoms with E-state index in [1.807, 2.05) is 26.0 Å². The topological polar surface area (TPSA) is 144 Å². The number of carbonyl (C=O) groups excluding carboxylic acids is 2. The first-order chi connectivity index (χ1) is 17.5. The van der Waals surface area contributed by atoms with E-state index in [0.717, 1.165) is 22.9 Å². The molecular weight excluding hydrogens is 500 g/mol. The van der Waals surface area contributed by atoms with Gasteiger partial charge in [0.15, 0.2) is 0 Å². The number of carboxylic acid groups (broad SMARTS) is 1. The second kappa shape index (κ2) is 10.3. The maximum absolute atomic E-state index is 11.8. The van der Waals surface area contributed by atoms with E-state index in [2.05, 4.69) is 10.5 Å². The Morgan fingerprint density at radius 1 is 1.19 bits per heavy atom. The predicted molar refractivity (Wildman–Crippen MR) is 137 cm³/mol. The Morgan fingerprint density at radius 3 is 2.51 bits per heavy atom. The van der Waals surface area contributed by atoms with Gasteiger partial charge >= 0.3 is 5.97 Å². The van der Waals surface area contributed by atoms with Crippen molar-refractivity contribution in [2.45, 2.75) is 51.4 Å². The quantitative estimate of drug-likeness (QED) is 0.438. The van der Waals surface area contributed by atoms with Gasteiger partial charge in [-0.15, -0.1) is 0 Å². The van der Waals surface area contributed by atoms with Crippen molar-refractivity contribution in [3.63, 3.8) is 0 Å². The van der Waals surface area contributed by atoms with Crippen LogP contribution in [0.3, 0.4) is 0 Å². The number of ether oxygens (including phenoxy) is 2. The maximum atomic E-state index is 11.8. The number of fused-ring (bicyclic) bond motifs is 1. The van der Waals surface area contributed by atoms with Crippen molar-refractivity contribution in [2.75, 3.05) is 13.2 Å². The third kappa shape index (κ3) is 5.66. The Kier molecular flexibility index (Phi) is 7.35. The number of aromatic hydroxyl groups is 1. The third-order valence-corrected chi connectivity index (χ3v) is 7.39. The molecule has 3 N–H and O–H groups in total. The number of carbonyl (C=O) groups is 3. The van der Waals surface area contributed by atoms with Crippen LogP contribution in [-0.2, 0) is 20.8 Å². The highest BCUT2D eigenvalue weighted by atomic mass is 32.2. The number of phenols is 1. The largest absolute Gasteiger partial charge is 0.507 e. The minimum absolute atomic E-state index is 0.128. The Labute approximate surface area is 218 Å². The van der Waals surface area contributed by atoms with Crippen LogP contribution in [0.4, 0.5) is 4.79 Å². The summed E-state index contributed by atoms with van der Waals surface area (Å²) in [4.78, 5) is 39.2. The molecule has 0 bridgehead atoms. The summed E-state index contributed by atoms with van der Waals surface area (Å²) in [7, 11) is 0. The SMILES string of the molecule is Cc1c(C)c2c(c(C)c1O)/C(=N\OCC(=O)O)CC(C)(COc1ccc(CC3SC(=O)NC3=O)cc1)O2. The summed E-state index contributed by atoms with van der Waals surface area (Å²) in [5.74, 6) is -0.167. The number of thioether (sulfide) groups is 1. The number of carboxylic acids is 1. The van der Waals surface area contributed by atoms with Gasteiger partial charge in [-0.3, -0.25) is 14.9 Å². The first-order valence-electron chi connectivity index (χ1n) is 11.6. The zero-order valence-electron chi connectivity index (χ0n) is 20.9. The van der Waals surface area contributed by atoms with Crippen molar-refractivity contribution >= 4 is 34.6 Å². The summed E-state index contributed by atoms with van der Waals surface area (Å²) >= 11 is 0.990. The number of hydrogen-bond acceptors (Lipinski definition) is 9. The van der Waals surface area contributed by atoms with Gasteiger partial charge in [-0.1, -0.05) is 29.1 Å². The van der Waals surface area contributed by atoms with Gasteiger partial charge < -0.3 is 24.5 Å². The van der Waals surface area contributed by atoms with Crippen LogP contribution < -0.4 is 14.8 Å². The lowest BCUT2D eigenvalue weighted by molar-refractivity contribution is -0.142. The van der Waals surface area contributed by atoms with Gasteiger partial charge in [0.1, 0.15) is 29.5 Å². The highest BCUT2D eigenvalue weighted by Gasteiger charge is 2.40. The molecule has 0 radical (unpaired) electrons. The van der Waals surface area contributed by atoms with Gasteiger partial charge in [-0.05, 0) is 62.9 Å². The number of aliphatic carboxylic acids is 1. The highest BCUT2D eigenvalue weighted by molar-refractivity contribution is 8.15. The number of nitrogens with one attached hydrogen (secondary N) is 1. The summed E-state index contributed by atoms with van der Waals surface area (Å²) in [6.45, 7) is 6.81. The van der Waals surface area contributed by atoms with Crippen molar-refractivity contribution in [3.8, 4) is 17.2 Å². The number of rotatable bonds is 8. The van der Waals surface area contributed by atoms with Crippen LogP contribution in [0.5, 0.6) is 17.2 Å². The summed E-state index contributed by atoms with van der Waals surface area (Å²) in [5, 5.41) is 25.1. The molecule has 0 aliphatic carbocycles. The Balaban J connectivity index is 1.52. The lowest BCUT2D eigenvalue weighted by Crippen LogP contribution is -2.45. The zero-order valence-corrected chi connectivity index (χ0v) is 21.7. The van der Waals surface area contributed by atoms with Crippen molar-refractivity contribution in [3.05, 3.63) is 52.1 Å². The number of imide groups is 1. The van der Waals surface area contributed by atoms with Crippen LogP contribution in [0.25, 0.3) is 0 Å². The minimum Gasteiger partial charge on any atom is -0.507 e. The Bertz CT molecular complexity index is 1290. The van der Waals surface area contributed by atoms with Gasteiger partial charge in [-0.2, -0.15) is 0 Å². The molecule has 196 valence electrons. The molecule has 2 amide bonds. The first kappa shape index (κ1) is 26.3. The maximum Gasteiger partial charge on any atom is 0.344 e. The molecule has 2 aliphatic heterocycles. The van der Waals surface area contributed by atoms with E-state index >= 15 is 0 Å². The Hall–Kier alpha value is -3.73.